The lowest BCUT2D eigenvalue weighted by molar-refractivity contribution is 1.08. The van der Waals surface area contributed by atoms with Gasteiger partial charge in [0.1, 0.15) is 11.8 Å². The topological polar surface area (TPSA) is 52.5 Å². The summed E-state index contributed by atoms with van der Waals surface area (Å²) in [6.45, 7) is 0. The standard InChI is InChI=1S/C12H4BrCl2N3/c13-8-4-11(18(6-17)12(8)5-16)7-1-2-9(14)10(15)3-7/h1-4H. The highest BCUT2D eigenvalue weighted by atomic mass is 79.9. The second kappa shape index (κ2) is 5.04. The van der Waals surface area contributed by atoms with Gasteiger partial charge in [-0.25, -0.2) is 4.57 Å². The van der Waals surface area contributed by atoms with Gasteiger partial charge in [-0.3, -0.25) is 0 Å². The maximum atomic E-state index is 9.11. The van der Waals surface area contributed by atoms with Gasteiger partial charge in [0.05, 0.1) is 20.2 Å². The summed E-state index contributed by atoms with van der Waals surface area (Å²) in [6, 6.07) is 8.70. The lowest BCUT2D eigenvalue weighted by Gasteiger charge is -2.03. The summed E-state index contributed by atoms with van der Waals surface area (Å²) in [4.78, 5) is 0. The number of nitriles is 2. The van der Waals surface area contributed by atoms with Gasteiger partial charge in [-0.05, 0) is 34.1 Å². The molecule has 0 saturated carbocycles. The fourth-order valence-corrected chi connectivity index (χ4v) is 2.34. The SMILES string of the molecule is N#Cc1c(Br)cc(-c2ccc(Cl)c(Cl)c2)n1C#N. The molecule has 0 aliphatic heterocycles. The van der Waals surface area contributed by atoms with Crippen molar-refractivity contribution in [1.29, 1.82) is 10.5 Å². The average Bonchev–Trinajstić information content (AvgIpc) is 2.68. The van der Waals surface area contributed by atoms with Crippen molar-refractivity contribution in [3.63, 3.8) is 0 Å². The summed E-state index contributed by atoms with van der Waals surface area (Å²) in [6.07, 6.45) is 1.96. The lowest BCUT2D eigenvalue weighted by Crippen LogP contribution is -1.95. The van der Waals surface area contributed by atoms with Crippen molar-refractivity contribution in [1.82, 2.24) is 4.57 Å². The molecule has 3 nitrogen and oxygen atoms in total. The first-order chi connectivity index (χ1) is 8.58. The van der Waals surface area contributed by atoms with Crippen molar-refractivity contribution in [2.75, 3.05) is 0 Å². The van der Waals surface area contributed by atoms with E-state index in [4.69, 9.17) is 33.7 Å². The highest BCUT2D eigenvalue weighted by molar-refractivity contribution is 9.10. The minimum atomic E-state index is 0.249. The number of rotatable bonds is 1. The molecular weight excluding hydrogens is 337 g/mol. The second-order valence-electron chi connectivity index (χ2n) is 3.40. The molecule has 0 fully saturated rings. The van der Waals surface area contributed by atoms with Crippen LogP contribution in [0, 0.1) is 22.8 Å². The molecule has 18 heavy (non-hydrogen) atoms. The maximum Gasteiger partial charge on any atom is 0.190 e. The Balaban J connectivity index is 2.69. The molecule has 2 rings (SSSR count). The monoisotopic (exact) mass is 339 g/mol. The highest BCUT2D eigenvalue weighted by Crippen LogP contribution is 2.32. The van der Waals surface area contributed by atoms with Gasteiger partial charge >= 0.3 is 0 Å². The first-order valence-corrected chi connectivity index (χ1v) is 6.30. The number of aromatic nitrogens is 1. The Morgan fingerprint density at radius 3 is 2.39 bits per heavy atom. The molecule has 0 N–H and O–H groups in total. The first kappa shape index (κ1) is 13.0. The Bertz CT molecular complexity index is 707. The minimum Gasteiger partial charge on any atom is -0.236 e. The molecule has 0 spiro atoms. The van der Waals surface area contributed by atoms with E-state index in [0.717, 1.165) is 0 Å². The van der Waals surface area contributed by atoms with E-state index in [0.29, 0.717) is 25.8 Å². The number of benzene rings is 1. The zero-order valence-corrected chi connectivity index (χ0v) is 11.9. The van der Waals surface area contributed by atoms with E-state index in [1.165, 1.54) is 4.57 Å². The normalized spacial score (nSPS) is 9.83. The van der Waals surface area contributed by atoms with Gasteiger partial charge in [0.25, 0.3) is 0 Å². The minimum absolute atomic E-state index is 0.249. The van der Waals surface area contributed by atoms with Gasteiger partial charge < -0.3 is 0 Å². The summed E-state index contributed by atoms with van der Waals surface area (Å²) in [5.41, 5.74) is 1.55. The van der Waals surface area contributed by atoms with E-state index in [1.807, 2.05) is 12.3 Å². The van der Waals surface area contributed by atoms with Crippen molar-refractivity contribution in [3.8, 4) is 23.5 Å². The van der Waals surface area contributed by atoms with Crippen molar-refractivity contribution in [3.05, 3.63) is 44.5 Å². The molecule has 0 aliphatic rings. The molecule has 2 aromatic rings. The van der Waals surface area contributed by atoms with Gasteiger partial charge in [-0.1, -0.05) is 29.3 Å². The molecule has 0 radical (unpaired) electrons. The van der Waals surface area contributed by atoms with Crippen molar-refractivity contribution < 1.29 is 0 Å². The van der Waals surface area contributed by atoms with Gasteiger partial charge in [-0.2, -0.15) is 10.5 Å². The largest absolute Gasteiger partial charge is 0.236 e. The molecule has 0 bridgehead atoms. The fraction of sp³-hybridized carbons (Fsp3) is 0. The smallest absolute Gasteiger partial charge is 0.190 e. The van der Waals surface area contributed by atoms with E-state index in [2.05, 4.69) is 15.9 Å². The van der Waals surface area contributed by atoms with Crippen molar-refractivity contribution in [2.45, 2.75) is 0 Å². The third-order valence-corrected chi connectivity index (χ3v) is 3.72. The Morgan fingerprint density at radius 1 is 1.11 bits per heavy atom. The summed E-state index contributed by atoms with van der Waals surface area (Å²) in [7, 11) is 0. The average molecular weight is 341 g/mol. The summed E-state index contributed by atoms with van der Waals surface area (Å²) < 4.78 is 1.80. The summed E-state index contributed by atoms with van der Waals surface area (Å²) in [5, 5.41) is 18.9. The molecule has 0 amide bonds. The zero-order valence-electron chi connectivity index (χ0n) is 8.78. The summed E-state index contributed by atoms with van der Waals surface area (Å²) in [5.74, 6) is 0. The predicted octanol–water partition coefficient (Wildman–Crippen LogP) is 4.43. The van der Waals surface area contributed by atoms with Gasteiger partial charge in [-0.15, -0.1) is 0 Å². The second-order valence-corrected chi connectivity index (χ2v) is 5.07. The zero-order chi connectivity index (χ0) is 13.3. The molecule has 0 atom stereocenters. The van der Waals surface area contributed by atoms with Crippen LogP contribution in [0.2, 0.25) is 10.0 Å². The quantitative estimate of drug-likeness (QED) is 0.771. The van der Waals surface area contributed by atoms with Crippen LogP contribution in [0.1, 0.15) is 5.69 Å². The van der Waals surface area contributed by atoms with Crippen LogP contribution in [0.3, 0.4) is 0 Å². The molecule has 0 saturated heterocycles. The van der Waals surface area contributed by atoms with Crippen LogP contribution >= 0.6 is 39.1 Å². The van der Waals surface area contributed by atoms with Crippen LogP contribution in [-0.4, -0.2) is 4.57 Å². The number of nitrogens with zero attached hydrogens (tertiary/aromatic N) is 3. The van der Waals surface area contributed by atoms with Crippen LogP contribution in [0.25, 0.3) is 11.3 Å². The van der Waals surface area contributed by atoms with Crippen LogP contribution in [0.4, 0.5) is 0 Å². The van der Waals surface area contributed by atoms with E-state index < -0.39 is 0 Å². The van der Waals surface area contributed by atoms with Crippen molar-refractivity contribution >= 4 is 39.1 Å². The van der Waals surface area contributed by atoms with E-state index in [9.17, 15) is 0 Å². The van der Waals surface area contributed by atoms with E-state index >= 15 is 0 Å². The summed E-state index contributed by atoms with van der Waals surface area (Å²) >= 11 is 15.0. The van der Waals surface area contributed by atoms with Crippen LogP contribution < -0.4 is 0 Å². The van der Waals surface area contributed by atoms with Crippen LogP contribution in [0.5, 0.6) is 0 Å². The predicted molar refractivity (Wildman–Crippen MR) is 73.3 cm³/mol. The van der Waals surface area contributed by atoms with E-state index in [1.54, 1.807) is 24.3 Å². The number of hydrogen-bond donors (Lipinski definition) is 0. The molecular formula is C12H4BrCl2N3. The third kappa shape index (κ3) is 2.11. The van der Waals surface area contributed by atoms with Crippen LogP contribution in [0.15, 0.2) is 28.7 Å². The molecule has 1 aromatic carbocycles. The fourth-order valence-electron chi connectivity index (χ4n) is 1.56. The lowest BCUT2D eigenvalue weighted by atomic mass is 10.1. The molecule has 0 aliphatic carbocycles. The number of halogens is 3. The highest BCUT2D eigenvalue weighted by Gasteiger charge is 2.15. The van der Waals surface area contributed by atoms with Gasteiger partial charge in [0, 0.05) is 5.56 Å². The molecule has 0 unspecified atom stereocenters. The van der Waals surface area contributed by atoms with E-state index in [-0.39, 0.29) is 5.69 Å². The Hall–Kier alpha value is -1.46. The Morgan fingerprint density at radius 2 is 1.83 bits per heavy atom. The Labute approximate surface area is 122 Å². The van der Waals surface area contributed by atoms with Gasteiger partial charge in [0.2, 0.25) is 0 Å². The maximum absolute atomic E-state index is 9.11. The molecule has 88 valence electrons. The van der Waals surface area contributed by atoms with Gasteiger partial charge in [0.15, 0.2) is 6.19 Å². The van der Waals surface area contributed by atoms with Crippen molar-refractivity contribution in [2.24, 2.45) is 0 Å². The third-order valence-electron chi connectivity index (χ3n) is 2.38. The Kier molecular flexibility index (Phi) is 3.63. The first-order valence-electron chi connectivity index (χ1n) is 4.75. The number of hydrogen-bond acceptors (Lipinski definition) is 2. The molecule has 6 heteroatoms. The van der Waals surface area contributed by atoms with Crippen LogP contribution in [-0.2, 0) is 0 Å². The molecule has 1 heterocycles. The molecule has 1 aromatic heterocycles.